The van der Waals surface area contributed by atoms with Crippen LogP contribution in [0.3, 0.4) is 0 Å². The van der Waals surface area contributed by atoms with E-state index in [1.807, 2.05) is 43.3 Å². The van der Waals surface area contributed by atoms with Crippen LogP contribution in [0.2, 0.25) is 0 Å². The first-order chi connectivity index (χ1) is 18.0. The maximum absolute atomic E-state index is 13.2. The first-order valence-corrected chi connectivity index (χ1v) is 12.7. The van der Waals surface area contributed by atoms with Crippen LogP contribution in [0.25, 0.3) is 10.9 Å². The molecule has 0 aliphatic rings. The number of nitrogens with zero attached hydrogens (tertiary/aromatic N) is 5. The molecular weight excluding hydrogens is 464 g/mol. The number of para-hydroxylation sites is 1. The summed E-state index contributed by atoms with van der Waals surface area (Å²) in [6.45, 7) is 7.82. The molecule has 1 N–H and O–H groups in total. The second-order valence-electron chi connectivity index (χ2n) is 9.63. The molecule has 0 spiro atoms. The summed E-state index contributed by atoms with van der Waals surface area (Å²) in [6, 6.07) is 20.3. The molecule has 1 atom stereocenters. The molecule has 3 heterocycles. The number of H-pyrrole nitrogens is 1. The number of hydrogen-bond donors (Lipinski definition) is 1. The van der Waals surface area contributed by atoms with E-state index in [9.17, 15) is 4.79 Å². The minimum Gasteiger partial charge on any atom is -0.467 e. The first kappa shape index (κ1) is 24.6. The summed E-state index contributed by atoms with van der Waals surface area (Å²) in [6.07, 6.45) is 3.44. The van der Waals surface area contributed by atoms with Gasteiger partial charge in [0.1, 0.15) is 12.3 Å². The van der Waals surface area contributed by atoms with Gasteiger partial charge in [0.25, 0.3) is 5.56 Å². The lowest BCUT2D eigenvalue weighted by Crippen LogP contribution is -2.32. The van der Waals surface area contributed by atoms with Crippen molar-refractivity contribution in [3.63, 3.8) is 0 Å². The van der Waals surface area contributed by atoms with Crippen molar-refractivity contribution in [2.24, 2.45) is 0 Å². The highest BCUT2D eigenvalue weighted by Gasteiger charge is 2.27. The SMILES string of the molecule is CCCC(c1nnnn1Cc1ccco1)N(Cc1ccc(C)cc1)Cc1cc2cccc(C)c2[nH]c1=O. The number of aryl methyl sites for hydroxylation is 2. The number of aromatic amines is 1. The highest BCUT2D eigenvalue weighted by molar-refractivity contribution is 5.81. The van der Waals surface area contributed by atoms with E-state index in [2.05, 4.69) is 63.5 Å². The van der Waals surface area contributed by atoms with Crippen LogP contribution in [-0.4, -0.2) is 30.1 Å². The van der Waals surface area contributed by atoms with Crippen molar-refractivity contribution in [3.05, 3.63) is 111 Å². The monoisotopic (exact) mass is 496 g/mol. The van der Waals surface area contributed by atoms with Gasteiger partial charge in [-0.05, 0) is 65.4 Å². The number of pyridine rings is 1. The number of aromatic nitrogens is 5. The van der Waals surface area contributed by atoms with Crippen LogP contribution in [0.4, 0.5) is 0 Å². The van der Waals surface area contributed by atoms with Crippen LogP contribution in [0, 0.1) is 13.8 Å². The van der Waals surface area contributed by atoms with Crippen LogP contribution in [0.1, 0.15) is 59.6 Å². The Bertz CT molecular complexity index is 1520. The van der Waals surface area contributed by atoms with E-state index in [0.717, 1.165) is 46.5 Å². The average Bonchev–Trinajstić information content (AvgIpc) is 3.57. The van der Waals surface area contributed by atoms with E-state index in [0.29, 0.717) is 19.6 Å². The Labute approximate surface area is 215 Å². The molecule has 0 amide bonds. The van der Waals surface area contributed by atoms with E-state index < -0.39 is 0 Å². The third-order valence-electron chi connectivity index (χ3n) is 6.79. The maximum Gasteiger partial charge on any atom is 0.252 e. The number of tetrazole rings is 1. The molecule has 0 radical (unpaired) electrons. The topological polar surface area (TPSA) is 92.8 Å². The lowest BCUT2D eigenvalue weighted by Gasteiger charge is -2.31. The zero-order chi connectivity index (χ0) is 25.8. The van der Waals surface area contributed by atoms with E-state index in [4.69, 9.17) is 4.42 Å². The molecule has 0 saturated carbocycles. The summed E-state index contributed by atoms with van der Waals surface area (Å²) < 4.78 is 7.36. The van der Waals surface area contributed by atoms with E-state index in [1.54, 1.807) is 10.9 Å². The quantitative estimate of drug-likeness (QED) is 0.281. The first-order valence-electron chi connectivity index (χ1n) is 12.7. The Morgan fingerprint density at radius 3 is 2.65 bits per heavy atom. The van der Waals surface area contributed by atoms with Crippen molar-refractivity contribution in [1.29, 1.82) is 0 Å². The van der Waals surface area contributed by atoms with E-state index in [1.165, 1.54) is 11.1 Å². The molecule has 0 aliphatic carbocycles. The molecule has 37 heavy (non-hydrogen) atoms. The zero-order valence-electron chi connectivity index (χ0n) is 21.5. The van der Waals surface area contributed by atoms with Gasteiger partial charge < -0.3 is 9.40 Å². The van der Waals surface area contributed by atoms with E-state index in [-0.39, 0.29) is 11.6 Å². The van der Waals surface area contributed by atoms with Gasteiger partial charge in [0.05, 0.1) is 17.8 Å². The summed E-state index contributed by atoms with van der Waals surface area (Å²) in [5.74, 6) is 1.55. The van der Waals surface area contributed by atoms with Crippen LogP contribution in [-0.2, 0) is 19.6 Å². The second-order valence-corrected chi connectivity index (χ2v) is 9.63. The molecular formula is C29H32N6O2. The number of fused-ring (bicyclic) bond motifs is 1. The Morgan fingerprint density at radius 1 is 1.05 bits per heavy atom. The molecule has 2 aromatic carbocycles. The molecule has 0 bridgehead atoms. The molecule has 8 nitrogen and oxygen atoms in total. The fourth-order valence-corrected chi connectivity index (χ4v) is 4.83. The van der Waals surface area contributed by atoms with Gasteiger partial charge in [0, 0.05) is 18.7 Å². The Morgan fingerprint density at radius 2 is 1.89 bits per heavy atom. The van der Waals surface area contributed by atoms with Gasteiger partial charge in [-0.3, -0.25) is 9.69 Å². The third kappa shape index (κ3) is 5.54. The van der Waals surface area contributed by atoms with E-state index >= 15 is 0 Å². The van der Waals surface area contributed by atoms with Crippen molar-refractivity contribution in [3.8, 4) is 0 Å². The average molecular weight is 497 g/mol. The number of benzene rings is 2. The summed E-state index contributed by atoms with van der Waals surface area (Å²) >= 11 is 0. The van der Waals surface area contributed by atoms with Gasteiger partial charge in [-0.25, -0.2) is 4.68 Å². The van der Waals surface area contributed by atoms with Gasteiger partial charge >= 0.3 is 0 Å². The van der Waals surface area contributed by atoms with Gasteiger partial charge in [-0.1, -0.05) is 61.4 Å². The number of rotatable bonds is 10. The molecule has 0 saturated heterocycles. The smallest absolute Gasteiger partial charge is 0.252 e. The van der Waals surface area contributed by atoms with Crippen molar-refractivity contribution in [1.82, 2.24) is 30.1 Å². The number of hydrogen-bond acceptors (Lipinski definition) is 6. The van der Waals surface area contributed by atoms with Crippen molar-refractivity contribution in [2.45, 2.75) is 59.3 Å². The summed E-state index contributed by atoms with van der Waals surface area (Å²) in [4.78, 5) is 18.6. The molecule has 3 aromatic heterocycles. The fraction of sp³-hybridized carbons (Fsp3) is 0.310. The minimum atomic E-state index is -0.0936. The summed E-state index contributed by atoms with van der Waals surface area (Å²) in [5, 5.41) is 13.8. The lowest BCUT2D eigenvalue weighted by atomic mass is 10.0. The number of furan rings is 1. The molecule has 5 rings (SSSR count). The van der Waals surface area contributed by atoms with Crippen molar-refractivity contribution >= 4 is 10.9 Å². The van der Waals surface area contributed by atoms with Crippen molar-refractivity contribution < 1.29 is 4.42 Å². The van der Waals surface area contributed by atoms with Crippen LogP contribution < -0.4 is 5.56 Å². The highest BCUT2D eigenvalue weighted by Crippen LogP contribution is 2.28. The molecule has 190 valence electrons. The second kappa shape index (κ2) is 10.9. The largest absolute Gasteiger partial charge is 0.467 e. The summed E-state index contributed by atoms with van der Waals surface area (Å²) in [5.41, 5.74) is 4.97. The lowest BCUT2D eigenvalue weighted by molar-refractivity contribution is 0.155. The predicted octanol–water partition coefficient (Wildman–Crippen LogP) is 5.32. The van der Waals surface area contributed by atoms with Crippen LogP contribution >= 0.6 is 0 Å². The van der Waals surface area contributed by atoms with Gasteiger partial charge in [0.2, 0.25) is 0 Å². The van der Waals surface area contributed by atoms with Crippen molar-refractivity contribution in [2.75, 3.05) is 0 Å². The predicted molar refractivity (Wildman–Crippen MR) is 143 cm³/mol. The fourth-order valence-electron chi connectivity index (χ4n) is 4.83. The Hall–Kier alpha value is -4.04. The minimum absolute atomic E-state index is 0.0684. The van der Waals surface area contributed by atoms with Crippen LogP contribution in [0.5, 0.6) is 0 Å². The molecule has 1 unspecified atom stereocenters. The highest BCUT2D eigenvalue weighted by atomic mass is 16.3. The van der Waals surface area contributed by atoms with Gasteiger partial charge in [0.15, 0.2) is 5.82 Å². The Kier molecular flexibility index (Phi) is 7.28. The van der Waals surface area contributed by atoms with Gasteiger partial charge in [-0.2, -0.15) is 0 Å². The third-order valence-corrected chi connectivity index (χ3v) is 6.79. The number of nitrogens with one attached hydrogen (secondary N) is 1. The van der Waals surface area contributed by atoms with Gasteiger partial charge in [-0.15, -0.1) is 5.10 Å². The normalized spacial score (nSPS) is 12.4. The maximum atomic E-state index is 13.2. The Balaban J connectivity index is 1.54. The molecule has 0 fully saturated rings. The zero-order valence-corrected chi connectivity index (χ0v) is 21.5. The standard InChI is InChI=1S/C29H32N6O2/c1-4-7-26(28-31-32-33-35(28)19-25-10-6-15-37-25)34(17-22-13-11-20(2)12-14-22)18-24-16-23-9-5-8-21(3)27(23)30-29(24)36/h5-6,8-16,26H,4,7,17-19H2,1-3H3,(H,30,36). The molecule has 8 heteroatoms. The summed E-state index contributed by atoms with van der Waals surface area (Å²) in [7, 11) is 0. The molecule has 0 aliphatic heterocycles. The molecule has 5 aromatic rings. The van der Waals surface area contributed by atoms with Crippen LogP contribution in [0.15, 0.2) is 76.1 Å².